The van der Waals surface area contributed by atoms with Gasteiger partial charge in [-0.05, 0) is 17.4 Å². The summed E-state index contributed by atoms with van der Waals surface area (Å²) >= 11 is 0. The number of benzene rings is 1. The highest BCUT2D eigenvalue weighted by Crippen LogP contribution is 2.33. The fourth-order valence-corrected chi connectivity index (χ4v) is 2.03. The first-order valence-electron chi connectivity index (χ1n) is 5.71. The van der Waals surface area contributed by atoms with E-state index >= 15 is 0 Å². The summed E-state index contributed by atoms with van der Waals surface area (Å²) in [4.78, 5) is 0. The summed E-state index contributed by atoms with van der Waals surface area (Å²) in [6.45, 7) is 6.65. The molecule has 0 aromatic heterocycles. The standard InChI is InChI=1S/C14H14F2N2/c1-7(2)11-9(5-17)13(15)12(8(3)4)14(16)10(11)6-18/h7-8H,1-4H3. The van der Waals surface area contributed by atoms with Crippen molar-refractivity contribution in [2.75, 3.05) is 0 Å². The first-order valence-corrected chi connectivity index (χ1v) is 5.71. The van der Waals surface area contributed by atoms with E-state index in [2.05, 4.69) is 0 Å². The Hall–Kier alpha value is -1.94. The maximum atomic E-state index is 14.1. The predicted octanol–water partition coefficient (Wildman–Crippen LogP) is 3.95. The molecule has 0 atom stereocenters. The van der Waals surface area contributed by atoms with Crippen molar-refractivity contribution >= 4 is 0 Å². The summed E-state index contributed by atoms with van der Waals surface area (Å²) in [5.41, 5.74) is -0.467. The topological polar surface area (TPSA) is 47.6 Å². The molecule has 1 aromatic carbocycles. The minimum absolute atomic E-state index is 0.152. The van der Waals surface area contributed by atoms with Crippen molar-refractivity contribution in [3.05, 3.63) is 33.9 Å². The van der Waals surface area contributed by atoms with Crippen LogP contribution in [0.1, 0.15) is 61.8 Å². The van der Waals surface area contributed by atoms with Crippen LogP contribution in [-0.4, -0.2) is 0 Å². The van der Waals surface area contributed by atoms with Gasteiger partial charge in [0.1, 0.15) is 23.8 Å². The van der Waals surface area contributed by atoms with Crippen LogP contribution in [0.2, 0.25) is 0 Å². The molecule has 0 aliphatic heterocycles. The lowest BCUT2D eigenvalue weighted by atomic mass is 9.87. The Morgan fingerprint density at radius 3 is 1.33 bits per heavy atom. The summed E-state index contributed by atoms with van der Waals surface area (Å²) < 4.78 is 28.3. The van der Waals surface area contributed by atoms with E-state index in [1.165, 1.54) is 0 Å². The lowest BCUT2D eigenvalue weighted by Gasteiger charge is -2.17. The molecule has 2 nitrogen and oxygen atoms in total. The molecule has 0 radical (unpaired) electrons. The highest BCUT2D eigenvalue weighted by atomic mass is 19.1. The summed E-state index contributed by atoms with van der Waals surface area (Å²) in [5.74, 6) is -2.40. The van der Waals surface area contributed by atoms with Gasteiger partial charge in [0, 0.05) is 5.56 Å². The second-order valence-corrected chi connectivity index (χ2v) is 4.74. The van der Waals surface area contributed by atoms with Gasteiger partial charge in [-0.2, -0.15) is 10.5 Å². The van der Waals surface area contributed by atoms with E-state index in [9.17, 15) is 8.78 Å². The summed E-state index contributed by atoms with van der Waals surface area (Å²) in [6.07, 6.45) is 0. The molecular formula is C14H14F2N2. The summed E-state index contributed by atoms with van der Waals surface area (Å²) in [5, 5.41) is 18.1. The molecule has 0 heterocycles. The third-order valence-electron chi connectivity index (χ3n) is 2.83. The molecule has 18 heavy (non-hydrogen) atoms. The molecular weight excluding hydrogens is 234 g/mol. The molecule has 4 heteroatoms. The van der Waals surface area contributed by atoms with Crippen LogP contribution in [0, 0.1) is 34.3 Å². The SMILES string of the molecule is CC(C)c1c(F)c(C#N)c(C(C)C)c(C#N)c1F. The smallest absolute Gasteiger partial charge is 0.147 e. The van der Waals surface area contributed by atoms with Crippen molar-refractivity contribution in [3.63, 3.8) is 0 Å². The molecule has 94 valence electrons. The molecule has 0 aliphatic rings. The number of halogens is 2. The molecule has 0 amide bonds. The summed E-state index contributed by atoms with van der Waals surface area (Å²) in [6, 6.07) is 3.50. The van der Waals surface area contributed by atoms with Gasteiger partial charge in [0.2, 0.25) is 0 Å². The normalized spacial score (nSPS) is 10.6. The number of hydrogen-bond donors (Lipinski definition) is 0. The van der Waals surface area contributed by atoms with E-state index in [1.54, 1.807) is 39.8 Å². The van der Waals surface area contributed by atoms with Gasteiger partial charge in [-0.25, -0.2) is 8.78 Å². The van der Waals surface area contributed by atoms with Crippen LogP contribution < -0.4 is 0 Å². The van der Waals surface area contributed by atoms with Crippen LogP contribution >= 0.6 is 0 Å². The number of nitriles is 2. The largest absolute Gasteiger partial charge is 0.205 e. The van der Waals surface area contributed by atoms with E-state index in [0.29, 0.717) is 0 Å². The van der Waals surface area contributed by atoms with Crippen LogP contribution in [0.15, 0.2) is 0 Å². The monoisotopic (exact) mass is 248 g/mol. The van der Waals surface area contributed by atoms with Crippen molar-refractivity contribution in [1.82, 2.24) is 0 Å². The van der Waals surface area contributed by atoms with Crippen molar-refractivity contribution in [3.8, 4) is 12.1 Å². The van der Waals surface area contributed by atoms with Crippen molar-refractivity contribution in [1.29, 1.82) is 10.5 Å². The Labute approximate surface area is 105 Å². The molecule has 0 fully saturated rings. The lowest BCUT2D eigenvalue weighted by Crippen LogP contribution is -2.10. The van der Waals surface area contributed by atoms with E-state index in [0.717, 1.165) is 0 Å². The molecule has 0 unspecified atom stereocenters. The maximum Gasteiger partial charge on any atom is 0.147 e. The highest BCUT2D eigenvalue weighted by Gasteiger charge is 2.27. The van der Waals surface area contributed by atoms with E-state index in [4.69, 9.17) is 10.5 Å². The average molecular weight is 248 g/mol. The quantitative estimate of drug-likeness (QED) is 0.795. The Morgan fingerprint density at radius 2 is 1.11 bits per heavy atom. The van der Waals surface area contributed by atoms with E-state index in [1.807, 2.05) is 0 Å². The van der Waals surface area contributed by atoms with Gasteiger partial charge < -0.3 is 0 Å². The number of rotatable bonds is 2. The second-order valence-electron chi connectivity index (χ2n) is 4.74. The highest BCUT2D eigenvalue weighted by molar-refractivity contribution is 5.54. The fourth-order valence-electron chi connectivity index (χ4n) is 2.03. The van der Waals surface area contributed by atoms with Crippen molar-refractivity contribution < 1.29 is 8.78 Å². The average Bonchev–Trinajstić information content (AvgIpc) is 2.27. The Balaban J connectivity index is 3.90. The molecule has 0 bridgehead atoms. The zero-order valence-corrected chi connectivity index (χ0v) is 10.8. The van der Waals surface area contributed by atoms with Crippen LogP contribution in [0.4, 0.5) is 8.78 Å². The van der Waals surface area contributed by atoms with Gasteiger partial charge in [-0.3, -0.25) is 0 Å². The molecule has 1 rings (SSSR count). The van der Waals surface area contributed by atoms with Gasteiger partial charge in [0.05, 0.1) is 11.1 Å². The first-order chi connectivity index (χ1) is 8.36. The lowest BCUT2D eigenvalue weighted by molar-refractivity contribution is 0.531. The molecule has 0 saturated heterocycles. The van der Waals surface area contributed by atoms with Gasteiger partial charge in [-0.1, -0.05) is 27.7 Å². The fraction of sp³-hybridized carbons (Fsp3) is 0.429. The third-order valence-corrected chi connectivity index (χ3v) is 2.83. The van der Waals surface area contributed by atoms with E-state index < -0.39 is 17.6 Å². The molecule has 0 N–H and O–H groups in total. The minimum Gasteiger partial charge on any atom is -0.205 e. The molecule has 1 aromatic rings. The van der Waals surface area contributed by atoms with Gasteiger partial charge in [-0.15, -0.1) is 0 Å². The van der Waals surface area contributed by atoms with Crippen LogP contribution in [-0.2, 0) is 0 Å². The Bertz CT molecular complexity index is 520. The van der Waals surface area contributed by atoms with Gasteiger partial charge in [0.15, 0.2) is 0 Å². The maximum absolute atomic E-state index is 14.1. The zero-order valence-electron chi connectivity index (χ0n) is 10.8. The van der Waals surface area contributed by atoms with Crippen LogP contribution in [0.25, 0.3) is 0 Å². The number of nitrogens with zero attached hydrogens (tertiary/aromatic N) is 2. The zero-order chi connectivity index (χ0) is 14.0. The van der Waals surface area contributed by atoms with Crippen LogP contribution in [0.5, 0.6) is 0 Å². The van der Waals surface area contributed by atoms with Crippen molar-refractivity contribution in [2.24, 2.45) is 0 Å². The Morgan fingerprint density at radius 1 is 0.778 bits per heavy atom. The number of hydrogen-bond acceptors (Lipinski definition) is 2. The minimum atomic E-state index is -0.840. The predicted molar refractivity (Wildman–Crippen MR) is 64.0 cm³/mol. The first kappa shape index (κ1) is 14.1. The van der Waals surface area contributed by atoms with Gasteiger partial charge >= 0.3 is 0 Å². The second kappa shape index (κ2) is 5.14. The summed E-state index contributed by atoms with van der Waals surface area (Å²) in [7, 11) is 0. The van der Waals surface area contributed by atoms with Crippen molar-refractivity contribution in [2.45, 2.75) is 39.5 Å². The van der Waals surface area contributed by atoms with E-state index in [-0.39, 0.29) is 28.2 Å². The third kappa shape index (κ3) is 2.07. The molecule has 0 saturated carbocycles. The van der Waals surface area contributed by atoms with Gasteiger partial charge in [0.25, 0.3) is 0 Å². The molecule has 0 spiro atoms. The van der Waals surface area contributed by atoms with Crippen LogP contribution in [0.3, 0.4) is 0 Å². The Kier molecular flexibility index (Phi) is 4.03. The molecule has 0 aliphatic carbocycles.